The minimum Gasteiger partial charge on any atom is -0.393 e. The fourth-order valence-electron chi connectivity index (χ4n) is 3.55. The number of aliphatic hydroxyl groups excluding tert-OH is 1. The Morgan fingerprint density at radius 3 is 2.61 bits per heavy atom. The fraction of sp³-hybridized carbons (Fsp3) is 0.591. The van der Waals surface area contributed by atoms with Gasteiger partial charge in [-0.1, -0.05) is 6.92 Å². The van der Waals surface area contributed by atoms with Gasteiger partial charge in [-0.2, -0.15) is 4.98 Å². The van der Waals surface area contributed by atoms with Crippen LogP contribution < -0.4 is 15.5 Å². The van der Waals surface area contributed by atoms with Crippen LogP contribution >= 0.6 is 0 Å². The summed E-state index contributed by atoms with van der Waals surface area (Å²) in [5.41, 5.74) is 2.26. The monoisotopic (exact) mass is 434 g/mol. The van der Waals surface area contributed by atoms with Crippen molar-refractivity contribution < 1.29 is 13.9 Å². The molecule has 0 saturated heterocycles. The van der Waals surface area contributed by atoms with E-state index in [2.05, 4.69) is 25.6 Å². The van der Waals surface area contributed by atoms with Gasteiger partial charge in [-0.3, -0.25) is 4.98 Å². The van der Waals surface area contributed by atoms with Crippen LogP contribution in [0.2, 0.25) is 0 Å². The molecular weight excluding hydrogens is 402 g/mol. The molecule has 0 amide bonds. The van der Waals surface area contributed by atoms with Gasteiger partial charge in [0, 0.05) is 32.4 Å². The van der Waals surface area contributed by atoms with Crippen molar-refractivity contribution in [3.05, 3.63) is 24.5 Å². The van der Waals surface area contributed by atoms with Crippen LogP contribution in [0.5, 0.6) is 0 Å². The first kappa shape index (κ1) is 23.1. The SMILES string of the molecule is CCC(F)CNc1ncc(-c2ccc(N(C)CCF)cn2)c(NC2CCC(O)CC2)n1. The van der Waals surface area contributed by atoms with E-state index in [1.807, 2.05) is 19.2 Å². The number of anilines is 3. The molecule has 0 aromatic carbocycles. The third-order valence-corrected chi connectivity index (χ3v) is 5.64. The highest BCUT2D eigenvalue weighted by Crippen LogP contribution is 2.29. The molecule has 2 aromatic heterocycles. The minimum atomic E-state index is -0.963. The van der Waals surface area contributed by atoms with E-state index >= 15 is 0 Å². The van der Waals surface area contributed by atoms with E-state index in [1.165, 1.54) is 0 Å². The van der Waals surface area contributed by atoms with E-state index in [0.717, 1.165) is 36.9 Å². The summed E-state index contributed by atoms with van der Waals surface area (Å²) >= 11 is 0. The zero-order valence-corrected chi connectivity index (χ0v) is 18.2. The summed E-state index contributed by atoms with van der Waals surface area (Å²) in [5, 5.41) is 16.2. The number of hydrogen-bond acceptors (Lipinski definition) is 7. The van der Waals surface area contributed by atoms with Gasteiger partial charge < -0.3 is 20.6 Å². The highest BCUT2D eigenvalue weighted by Gasteiger charge is 2.21. The first-order valence-electron chi connectivity index (χ1n) is 10.9. The Morgan fingerprint density at radius 1 is 1.19 bits per heavy atom. The largest absolute Gasteiger partial charge is 0.393 e. The van der Waals surface area contributed by atoms with E-state index in [-0.39, 0.29) is 18.7 Å². The lowest BCUT2D eigenvalue weighted by molar-refractivity contribution is 0.126. The second-order valence-corrected chi connectivity index (χ2v) is 8.00. The van der Waals surface area contributed by atoms with Gasteiger partial charge in [0.2, 0.25) is 5.95 Å². The number of nitrogens with one attached hydrogen (secondary N) is 2. The number of nitrogens with zero attached hydrogens (tertiary/aromatic N) is 4. The zero-order valence-electron chi connectivity index (χ0n) is 18.2. The molecule has 9 heteroatoms. The van der Waals surface area contributed by atoms with Gasteiger partial charge in [-0.05, 0) is 44.2 Å². The predicted molar refractivity (Wildman–Crippen MR) is 120 cm³/mol. The van der Waals surface area contributed by atoms with Crippen LogP contribution in [0.4, 0.5) is 26.2 Å². The maximum absolute atomic E-state index is 13.6. The quantitative estimate of drug-likeness (QED) is 0.524. The number of alkyl halides is 2. The molecule has 31 heavy (non-hydrogen) atoms. The van der Waals surface area contributed by atoms with Gasteiger partial charge in [0.1, 0.15) is 18.7 Å². The molecule has 1 unspecified atom stereocenters. The molecule has 1 atom stereocenters. The molecule has 1 aliphatic carbocycles. The number of aliphatic hydroxyl groups is 1. The molecule has 1 aliphatic rings. The Labute approximate surface area is 182 Å². The molecule has 0 spiro atoms. The summed E-state index contributed by atoms with van der Waals surface area (Å²) in [6.07, 6.45) is 5.78. The van der Waals surface area contributed by atoms with Crippen LogP contribution in [-0.2, 0) is 0 Å². The summed E-state index contributed by atoms with van der Waals surface area (Å²) in [6, 6.07) is 3.93. The second kappa shape index (κ2) is 11.2. The maximum atomic E-state index is 13.6. The molecule has 2 heterocycles. The first-order chi connectivity index (χ1) is 15.0. The molecule has 0 radical (unpaired) electrons. The molecule has 2 aromatic rings. The molecule has 170 valence electrons. The highest BCUT2D eigenvalue weighted by atomic mass is 19.1. The fourth-order valence-corrected chi connectivity index (χ4v) is 3.55. The van der Waals surface area contributed by atoms with Gasteiger partial charge in [0.25, 0.3) is 0 Å². The maximum Gasteiger partial charge on any atom is 0.224 e. The third kappa shape index (κ3) is 6.46. The van der Waals surface area contributed by atoms with Crippen molar-refractivity contribution in [3.8, 4) is 11.3 Å². The van der Waals surface area contributed by atoms with Crippen molar-refractivity contribution in [2.75, 3.05) is 42.3 Å². The topological polar surface area (TPSA) is 86.2 Å². The molecule has 3 rings (SSSR count). The number of pyridine rings is 1. The highest BCUT2D eigenvalue weighted by molar-refractivity contribution is 5.73. The second-order valence-electron chi connectivity index (χ2n) is 8.00. The van der Waals surface area contributed by atoms with Gasteiger partial charge in [0.05, 0.1) is 29.2 Å². The summed E-state index contributed by atoms with van der Waals surface area (Å²) in [7, 11) is 1.82. The molecule has 1 saturated carbocycles. The van der Waals surface area contributed by atoms with Gasteiger partial charge in [0.15, 0.2) is 0 Å². The summed E-state index contributed by atoms with van der Waals surface area (Å²) in [5.74, 6) is 0.987. The number of hydrogen-bond donors (Lipinski definition) is 3. The lowest BCUT2D eigenvalue weighted by atomic mass is 9.93. The van der Waals surface area contributed by atoms with Crippen molar-refractivity contribution in [3.63, 3.8) is 0 Å². The smallest absolute Gasteiger partial charge is 0.224 e. The molecule has 0 bridgehead atoms. The molecule has 3 N–H and O–H groups in total. The van der Waals surface area contributed by atoms with E-state index in [9.17, 15) is 13.9 Å². The summed E-state index contributed by atoms with van der Waals surface area (Å²) in [4.78, 5) is 15.3. The van der Waals surface area contributed by atoms with Crippen LogP contribution in [-0.4, -0.2) is 65.2 Å². The normalized spacial score (nSPS) is 19.6. The van der Waals surface area contributed by atoms with E-state index in [4.69, 9.17) is 0 Å². The van der Waals surface area contributed by atoms with E-state index < -0.39 is 12.8 Å². The first-order valence-corrected chi connectivity index (χ1v) is 10.9. The summed E-state index contributed by atoms with van der Waals surface area (Å²) < 4.78 is 26.2. The van der Waals surface area contributed by atoms with Crippen molar-refractivity contribution in [2.45, 2.75) is 57.3 Å². The van der Waals surface area contributed by atoms with Crippen molar-refractivity contribution >= 4 is 17.5 Å². The van der Waals surface area contributed by atoms with Crippen molar-refractivity contribution in [1.29, 1.82) is 0 Å². The van der Waals surface area contributed by atoms with Gasteiger partial charge in [-0.15, -0.1) is 0 Å². The Balaban J connectivity index is 1.83. The lowest BCUT2D eigenvalue weighted by Crippen LogP contribution is -2.29. The van der Waals surface area contributed by atoms with E-state index in [0.29, 0.717) is 30.4 Å². The third-order valence-electron chi connectivity index (χ3n) is 5.64. The Morgan fingerprint density at radius 2 is 1.97 bits per heavy atom. The lowest BCUT2D eigenvalue weighted by Gasteiger charge is -2.27. The molecule has 1 fully saturated rings. The summed E-state index contributed by atoms with van der Waals surface area (Å²) in [6.45, 7) is 1.82. The average Bonchev–Trinajstić information content (AvgIpc) is 2.79. The van der Waals surface area contributed by atoms with E-state index in [1.54, 1.807) is 24.2 Å². The zero-order chi connectivity index (χ0) is 22.2. The van der Waals surface area contributed by atoms with Crippen LogP contribution in [0.15, 0.2) is 24.5 Å². The van der Waals surface area contributed by atoms with Crippen LogP contribution in [0, 0.1) is 0 Å². The van der Waals surface area contributed by atoms with Crippen molar-refractivity contribution in [2.24, 2.45) is 0 Å². The molecule has 0 aliphatic heterocycles. The number of aromatic nitrogens is 3. The predicted octanol–water partition coefficient (Wildman–Crippen LogP) is 3.82. The standard InChI is InChI=1S/C22H32F2N6O/c1-3-15(24)12-26-22-27-14-19(20-9-6-17(13-25-20)30(2)11-10-23)21(29-22)28-16-4-7-18(31)8-5-16/h6,9,13-16,18,31H,3-5,7-8,10-12H2,1-2H3,(H2,26,27,28,29). The van der Waals surface area contributed by atoms with Crippen LogP contribution in [0.1, 0.15) is 39.0 Å². The van der Waals surface area contributed by atoms with Gasteiger partial charge >= 0.3 is 0 Å². The Bertz CT molecular complexity index is 814. The molecule has 7 nitrogen and oxygen atoms in total. The Kier molecular flexibility index (Phi) is 8.34. The minimum absolute atomic E-state index is 0.152. The number of rotatable bonds is 10. The van der Waals surface area contributed by atoms with Crippen LogP contribution in [0.25, 0.3) is 11.3 Å². The van der Waals surface area contributed by atoms with Gasteiger partial charge in [-0.25, -0.2) is 13.8 Å². The van der Waals surface area contributed by atoms with Crippen molar-refractivity contribution in [1.82, 2.24) is 15.0 Å². The molecular formula is C22H32F2N6O. The van der Waals surface area contributed by atoms with Crippen LogP contribution in [0.3, 0.4) is 0 Å². The number of halogens is 2. The Hall–Kier alpha value is -2.55. The average molecular weight is 435 g/mol.